The van der Waals surface area contributed by atoms with Crippen molar-refractivity contribution >= 4 is 17.5 Å². The van der Waals surface area contributed by atoms with Gasteiger partial charge in [0, 0.05) is 30.8 Å². The number of benzene rings is 2. The molecule has 8 nitrogen and oxygen atoms in total. The van der Waals surface area contributed by atoms with E-state index < -0.39 is 6.23 Å². The molecule has 0 aromatic heterocycles. The van der Waals surface area contributed by atoms with Crippen LogP contribution in [0.3, 0.4) is 0 Å². The highest BCUT2D eigenvalue weighted by Crippen LogP contribution is 2.33. The van der Waals surface area contributed by atoms with Gasteiger partial charge in [-0.05, 0) is 23.8 Å². The van der Waals surface area contributed by atoms with Crippen molar-refractivity contribution in [2.45, 2.75) is 12.8 Å². The summed E-state index contributed by atoms with van der Waals surface area (Å²) in [6, 6.07) is 12.2. The minimum absolute atomic E-state index is 0.121. The van der Waals surface area contributed by atoms with E-state index in [4.69, 9.17) is 15.2 Å². The maximum absolute atomic E-state index is 12.6. The minimum atomic E-state index is -0.997. The number of nitrogen functional groups attached to an aromatic ring is 1. The quantitative estimate of drug-likeness (QED) is 0.734. The first kappa shape index (κ1) is 19.2. The zero-order valence-electron chi connectivity index (χ0n) is 15.9. The smallest absolute Gasteiger partial charge is 0.260 e. The van der Waals surface area contributed by atoms with E-state index >= 15 is 0 Å². The van der Waals surface area contributed by atoms with Gasteiger partial charge in [-0.3, -0.25) is 9.59 Å². The van der Waals surface area contributed by atoms with Crippen molar-refractivity contribution in [3.8, 4) is 5.75 Å². The number of hydrogen-bond donors (Lipinski definition) is 2. The highest BCUT2D eigenvalue weighted by molar-refractivity contribution is 5.98. The van der Waals surface area contributed by atoms with Gasteiger partial charge in [0.05, 0.1) is 18.9 Å². The van der Waals surface area contributed by atoms with Gasteiger partial charge in [-0.25, -0.2) is 0 Å². The number of nitrogens with two attached hydrogens (primary N) is 1. The summed E-state index contributed by atoms with van der Waals surface area (Å²) in [6.45, 7) is 2.23. The average Bonchev–Trinajstić information content (AvgIpc) is 2.99. The number of nitrogens with zero attached hydrogens (tertiary/aromatic N) is 2. The summed E-state index contributed by atoms with van der Waals surface area (Å²) in [5.74, 6) is 0.0244. The lowest BCUT2D eigenvalue weighted by atomic mass is 10.1. The maximum atomic E-state index is 12.6. The molecule has 1 unspecified atom stereocenters. The highest BCUT2D eigenvalue weighted by atomic mass is 16.5. The van der Waals surface area contributed by atoms with Crippen LogP contribution in [0.4, 0.5) is 5.69 Å². The van der Waals surface area contributed by atoms with Crippen LogP contribution in [0.25, 0.3) is 0 Å². The third kappa shape index (κ3) is 3.90. The molecule has 4 rings (SSSR count). The Hall–Kier alpha value is -3.10. The molecular formula is C21H23N3O5. The lowest BCUT2D eigenvalue weighted by Gasteiger charge is -2.27. The molecule has 2 aromatic carbocycles. The number of morpholine rings is 1. The van der Waals surface area contributed by atoms with Crippen LogP contribution in [-0.4, -0.2) is 59.6 Å². The van der Waals surface area contributed by atoms with Crippen molar-refractivity contribution in [1.82, 2.24) is 9.80 Å². The van der Waals surface area contributed by atoms with E-state index in [9.17, 15) is 14.7 Å². The number of aliphatic hydroxyl groups excluding tert-OH is 1. The Morgan fingerprint density at radius 3 is 2.72 bits per heavy atom. The van der Waals surface area contributed by atoms with Gasteiger partial charge in [-0.2, -0.15) is 0 Å². The van der Waals surface area contributed by atoms with Crippen molar-refractivity contribution < 1.29 is 24.2 Å². The van der Waals surface area contributed by atoms with Crippen LogP contribution < -0.4 is 10.5 Å². The summed E-state index contributed by atoms with van der Waals surface area (Å²) in [5, 5.41) is 10.5. The molecule has 0 bridgehead atoms. The zero-order valence-corrected chi connectivity index (χ0v) is 15.9. The predicted octanol–water partition coefficient (Wildman–Crippen LogP) is 1.15. The monoisotopic (exact) mass is 397 g/mol. The van der Waals surface area contributed by atoms with Gasteiger partial charge in [0.25, 0.3) is 11.8 Å². The van der Waals surface area contributed by atoms with Gasteiger partial charge in [-0.1, -0.05) is 24.3 Å². The number of amides is 2. The van der Waals surface area contributed by atoms with Gasteiger partial charge >= 0.3 is 0 Å². The third-order valence-corrected chi connectivity index (χ3v) is 5.17. The standard InChI is InChI=1S/C21H23N3O5/c22-17-6-5-14(11-18(17)29-13-19(25)23-7-9-28-10-8-23)12-24-20(26)15-3-1-2-4-16(15)21(24)27/h1-6,11,20,26H,7-10,12-13,22H2. The summed E-state index contributed by atoms with van der Waals surface area (Å²) in [4.78, 5) is 28.0. The molecule has 2 aromatic rings. The number of carbonyl (C=O) groups excluding carboxylic acids is 2. The molecule has 0 spiro atoms. The molecule has 3 N–H and O–H groups in total. The number of ether oxygens (including phenoxy) is 2. The summed E-state index contributed by atoms with van der Waals surface area (Å²) in [6.07, 6.45) is -0.997. The van der Waals surface area contributed by atoms with E-state index in [1.807, 2.05) is 0 Å². The summed E-state index contributed by atoms with van der Waals surface area (Å²) in [7, 11) is 0. The lowest BCUT2D eigenvalue weighted by Crippen LogP contribution is -2.43. The molecule has 2 amide bonds. The molecule has 2 aliphatic rings. The van der Waals surface area contributed by atoms with Crippen LogP contribution in [0.15, 0.2) is 42.5 Å². The molecule has 0 saturated carbocycles. The molecule has 29 heavy (non-hydrogen) atoms. The van der Waals surface area contributed by atoms with E-state index in [0.29, 0.717) is 48.9 Å². The SMILES string of the molecule is Nc1ccc(CN2C(=O)c3ccccc3C2O)cc1OCC(=O)N1CCOCC1. The highest BCUT2D eigenvalue weighted by Gasteiger charge is 2.35. The lowest BCUT2D eigenvalue weighted by molar-refractivity contribution is -0.137. The van der Waals surface area contributed by atoms with Crippen molar-refractivity contribution in [1.29, 1.82) is 0 Å². The second-order valence-corrected chi connectivity index (χ2v) is 7.05. The van der Waals surface area contributed by atoms with Crippen molar-refractivity contribution in [2.75, 3.05) is 38.6 Å². The normalized spacial score (nSPS) is 18.7. The van der Waals surface area contributed by atoms with Crippen LogP contribution in [0, 0.1) is 0 Å². The molecule has 2 heterocycles. The number of hydrogen-bond acceptors (Lipinski definition) is 6. The van der Waals surface area contributed by atoms with Gasteiger partial charge < -0.3 is 30.1 Å². The maximum Gasteiger partial charge on any atom is 0.260 e. The second kappa shape index (κ2) is 8.10. The van der Waals surface area contributed by atoms with E-state index in [1.165, 1.54) is 4.90 Å². The Labute approximate surface area is 168 Å². The first-order valence-corrected chi connectivity index (χ1v) is 9.49. The van der Waals surface area contributed by atoms with Gasteiger partial charge in [-0.15, -0.1) is 0 Å². The van der Waals surface area contributed by atoms with Crippen LogP contribution in [-0.2, 0) is 16.1 Å². The fraction of sp³-hybridized carbons (Fsp3) is 0.333. The van der Waals surface area contributed by atoms with Gasteiger partial charge in [0.15, 0.2) is 12.8 Å². The number of anilines is 1. The largest absolute Gasteiger partial charge is 0.482 e. The molecule has 152 valence electrons. The van der Waals surface area contributed by atoms with Crippen molar-refractivity contribution in [3.05, 3.63) is 59.2 Å². The van der Waals surface area contributed by atoms with Crippen LogP contribution in [0.2, 0.25) is 0 Å². The number of rotatable bonds is 5. The Kier molecular flexibility index (Phi) is 5.37. The molecule has 2 aliphatic heterocycles. The minimum Gasteiger partial charge on any atom is -0.482 e. The first-order valence-electron chi connectivity index (χ1n) is 9.49. The summed E-state index contributed by atoms with van der Waals surface area (Å²) in [5.41, 5.74) is 8.23. The van der Waals surface area contributed by atoms with E-state index in [-0.39, 0.29) is 25.0 Å². The average molecular weight is 397 g/mol. The van der Waals surface area contributed by atoms with Crippen LogP contribution in [0.5, 0.6) is 5.75 Å². The molecule has 1 atom stereocenters. The third-order valence-electron chi connectivity index (χ3n) is 5.17. The fourth-order valence-corrected chi connectivity index (χ4v) is 3.55. The Balaban J connectivity index is 1.43. The van der Waals surface area contributed by atoms with Crippen molar-refractivity contribution in [2.24, 2.45) is 0 Å². The van der Waals surface area contributed by atoms with Crippen molar-refractivity contribution in [3.63, 3.8) is 0 Å². The second-order valence-electron chi connectivity index (χ2n) is 7.05. The zero-order chi connectivity index (χ0) is 20.4. The molecule has 1 fully saturated rings. The Morgan fingerprint density at radius 2 is 1.97 bits per heavy atom. The van der Waals surface area contributed by atoms with E-state index in [1.54, 1.807) is 47.4 Å². The molecular weight excluding hydrogens is 374 g/mol. The molecule has 0 radical (unpaired) electrons. The molecule has 8 heteroatoms. The van der Waals surface area contributed by atoms with E-state index in [0.717, 1.165) is 5.56 Å². The Morgan fingerprint density at radius 1 is 1.21 bits per heavy atom. The molecule has 0 aliphatic carbocycles. The van der Waals surface area contributed by atoms with Gasteiger partial charge in [0.1, 0.15) is 5.75 Å². The van der Waals surface area contributed by atoms with Crippen LogP contribution in [0.1, 0.15) is 27.7 Å². The first-order chi connectivity index (χ1) is 14.0. The summed E-state index contributed by atoms with van der Waals surface area (Å²) >= 11 is 0. The number of fused-ring (bicyclic) bond motifs is 1. The van der Waals surface area contributed by atoms with Crippen LogP contribution >= 0.6 is 0 Å². The fourth-order valence-electron chi connectivity index (χ4n) is 3.55. The Bertz CT molecular complexity index is 926. The predicted molar refractivity (Wildman–Crippen MR) is 105 cm³/mol. The van der Waals surface area contributed by atoms with E-state index in [2.05, 4.69) is 0 Å². The number of carbonyl (C=O) groups is 2. The number of aliphatic hydroxyl groups is 1. The summed E-state index contributed by atoms with van der Waals surface area (Å²) < 4.78 is 10.9. The topological polar surface area (TPSA) is 105 Å². The molecule has 1 saturated heterocycles. The van der Waals surface area contributed by atoms with Gasteiger partial charge in [0.2, 0.25) is 0 Å².